The summed E-state index contributed by atoms with van der Waals surface area (Å²) < 4.78 is 10.8. The van der Waals surface area contributed by atoms with E-state index in [1.165, 1.54) is 0 Å². The number of amides is 1. The lowest BCUT2D eigenvalue weighted by molar-refractivity contribution is -0.144. The van der Waals surface area contributed by atoms with E-state index in [4.69, 9.17) is 20.8 Å². The maximum Gasteiger partial charge on any atom is 0.527 e. The van der Waals surface area contributed by atoms with E-state index < -0.39 is 24.2 Å². The zero-order valence-electron chi connectivity index (χ0n) is 13.6. The average molecular weight is 311 g/mol. The minimum atomic E-state index is -1.17. The van der Waals surface area contributed by atoms with Crippen molar-refractivity contribution in [1.82, 2.24) is 4.90 Å². The lowest BCUT2D eigenvalue weighted by Crippen LogP contribution is -2.59. The number of carbonyl (C=O) groups is 2. The topological polar surface area (TPSA) is 108 Å². The Bertz CT molecular complexity index is 454. The minimum Gasteiger partial charge on any atom is -0.508 e. The maximum atomic E-state index is 12.5. The van der Waals surface area contributed by atoms with Gasteiger partial charge in [-0.25, -0.2) is 0 Å². The van der Waals surface area contributed by atoms with Crippen molar-refractivity contribution >= 4 is 19.0 Å². The number of nitrogens with two attached hydrogens (primary N) is 2. The molecule has 0 spiro atoms. The summed E-state index contributed by atoms with van der Waals surface area (Å²) in [5, 5.41) is 0. The third kappa shape index (κ3) is 3.28. The molecule has 4 N–H and O–H groups in total. The number of rotatable bonds is 3. The molecule has 2 aliphatic heterocycles. The average Bonchev–Trinajstić information content (AvgIpc) is 2.74. The van der Waals surface area contributed by atoms with Gasteiger partial charge >= 0.3 is 13.1 Å². The highest BCUT2D eigenvalue weighted by Gasteiger charge is 2.54. The lowest BCUT2D eigenvalue weighted by atomic mass is 9.74. The summed E-state index contributed by atoms with van der Waals surface area (Å²) in [7, 11) is -0.547. The lowest BCUT2D eigenvalue weighted by Gasteiger charge is -2.32. The zero-order chi connectivity index (χ0) is 16.5. The van der Waals surface area contributed by atoms with Crippen molar-refractivity contribution < 1.29 is 18.9 Å². The van der Waals surface area contributed by atoms with Gasteiger partial charge < -0.3 is 25.7 Å². The van der Waals surface area contributed by atoms with E-state index >= 15 is 0 Å². The number of hydrogen-bond donors (Lipinski definition) is 2. The van der Waals surface area contributed by atoms with Crippen molar-refractivity contribution in [2.24, 2.45) is 17.4 Å². The fourth-order valence-electron chi connectivity index (χ4n) is 3.20. The van der Waals surface area contributed by atoms with Crippen molar-refractivity contribution in [3.63, 3.8) is 0 Å². The highest BCUT2D eigenvalue weighted by Crippen LogP contribution is 2.34. The first kappa shape index (κ1) is 17.2. The van der Waals surface area contributed by atoms with Crippen LogP contribution in [-0.4, -0.2) is 54.7 Å². The molecule has 22 heavy (non-hydrogen) atoms. The van der Waals surface area contributed by atoms with Crippen molar-refractivity contribution in [2.45, 2.75) is 51.0 Å². The van der Waals surface area contributed by atoms with E-state index in [1.54, 1.807) is 18.7 Å². The smallest absolute Gasteiger partial charge is 0.508 e. The number of fused-ring (bicyclic) bond motifs is 1. The molecule has 7 nitrogen and oxygen atoms in total. The molecule has 2 heterocycles. The molecule has 0 aromatic heterocycles. The van der Waals surface area contributed by atoms with Crippen LogP contribution in [0.3, 0.4) is 0 Å². The Hall–Kier alpha value is -1.12. The first-order valence-electron chi connectivity index (χ1n) is 7.88. The van der Waals surface area contributed by atoms with Crippen LogP contribution in [0.5, 0.6) is 0 Å². The third-order valence-corrected chi connectivity index (χ3v) is 4.42. The standard InChI is InChI=1S/C14H26BN3O4/c1-4-21-15-7-5-6-10-8-18(11(19)13(2,3)16)9-14(10,17)12(20)22-15/h10H,4-9,16-17H2,1-3H3/t10?,14-/m0/s1. The van der Waals surface area contributed by atoms with E-state index in [0.717, 1.165) is 12.8 Å². The van der Waals surface area contributed by atoms with Gasteiger partial charge in [0.2, 0.25) is 5.91 Å². The van der Waals surface area contributed by atoms with Crippen LogP contribution < -0.4 is 11.5 Å². The van der Waals surface area contributed by atoms with Gasteiger partial charge in [0.05, 0.1) is 5.54 Å². The fourth-order valence-corrected chi connectivity index (χ4v) is 3.20. The van der Waals surface area contributed by atoms with E-state index in [-0.39, 0.29) is 18.4 Å². The summed E-state index contributed by atoms with van der Waals surface area (Å²) in [6.07, 6.45) is 2.27. The molecule has 1 amide bonds. The SMILES string of the molecule is CCOB1CCCC2CN(C(=O)C(C)(C)N)C[C@@]2(N)C(=O)O1. The molecule has 2 saturated heterocycles. The molecule has 2 atom stereocenters. The Morgan fingerprint density at radius 1 is 1.59 bits per heavy atom. The zero-order valence-corrected chi connectivity index (χ0v) is 13.6. The second-order valence-electron chi connectivity index (χ2n) is 6.87. The van der Waals surface area contributed by atoms with E-state index in [1.807, 2.05) is 6.92 Å². The Labute approximate surface area is 131 Å². The maximum absolute atomic E-state index is 12.5. The summed E-state index contributed by atoms with van der Waals surface area (Å²) in [4.78, 5) is 26.4. The Morgan fingerprint density at radius 2 is 2.27 bits per heavy atom. The molecule has 0 aromatic rings. The van der Waals surface area contributed by atoms with Gasteiger partial charge in [-0.05, 0) is 33.5 Å². The third-order valence-electron chi connectivity index (χ3n) is 4.42. The molecule has 124 valence electrons. The molecule has 0 saturated carbocycles. The Kier molecular flexibility index (Phi) is 4.84. The number of likely N-dealkylation sites (tertiary alicyclic amines) is 1. The molecule has 2 aliphatic rings. The Morgan fingerprint density at radius 3 is 2.86 bits per heavy atom. The highest BCUT2D eigenvalue weighted by molar-refractivity contribution is 6.47. The van der Waals surface area contributed by atoms with E-state index in [9.17, 15) is 9.59 Å². The van der Waals surface area contributed by atoms with Crippen molar-refractivity contribution in [3.05, 3.63) is 0 Å². The van der Waals surface area contributed by atoms with Gasteiger partial charge in [0.25, 0.3) is 0 Å². The van der Waals surface area contributed by atoms with Crippen molar-refractivity contribution in [1.29, 1.82) is 0 Å². The first-order chi connectivity index (χ1) is 10.2. The predicted octanol–water partition coefficient (Wildman–Crippen LogP) is -0.259. The number of nitrogens with zero attached hydrogens (tertiary/aromatic N) is 1. The monoisotopic (exact) mass is 311 g/mol. The van der Waals surface area contributed by atoms with E-state index in [2.05, 4.69) is 0 Å². The van der Waals surface area contributed by atoms with Crippen LogP contribution in [0.2, 0.25) is 6.32 Å². The fraction of sp³-hybridized carbons (Fsp3) is 0.857. The molecule has 0 bridgehead atoms. The molecule has 8 heteroatoms. The minimum absolute atomic E-state index is 0.103. The second kappa shape index (κ2) is 6.18. The van der Waals surface area contributed by atoms with Gasteiger partial charge in [-0.2, -0.15) is 0 Å². The van der Waals surface area contributed by atoms with Gasteiger partial charge in [0.15, 0.2) is 0 Å². The van der Waals surface area contributed by atoms with Crippen LogP contribution in [0, 0.1) is 5.92 Å². The molecule has 0 aliphatic carbocycles. The van der Waals surface area contributed by atoms with Crippen LogP contribution in [0.25, 0.3) is 0 Å². The normalized spacial score (nSPS) is 29.7. The largest absolute Gasteiger partial charge is 0.527 e. The summed E-state index contributed by atoms with van der Waals surface area (Å²) in [6.45, 7) is 6.24. The molecular weight excluding hydrogens is 285 g/mol. The number of carbonyl (C=O) groups excluding carboxylic acids is 2. The molecule has 0 radical (unpaired) electrons. The van der Waals surface area contributed by atoms with Gasteiger partial charge in [0.1, 0.15) is 5.54 Å². The molecule has 2 rings (SSSR count). The quantitative estimate of drug-likeness (QED) is 0.695. The second-order valence-corrected chi connectivity index (χ2v) is 6.87. The van der Waals surface area contributed by atoms with Crippen LogP contribution in [0.1, 0.15) is 33.6 Å². The van der Waals surface area contributed by atoms with Gasteiger partial charge in [0, 0.05) is 25.6 Å². The number of hydrogen-bond acceptors (Lipinski definition) is 6. The molecule has 0 aromatic carbocycles. The predicted molar refractivity (Wildman–Crippen MR) is 82.8 cm³/mol. The molecule has 1 unspecified atom stereocenters. The van der Waals surface area contributed by atoms with Crippen LogP contribution in [-0.2, 0) is 18.9 Å². The van der Waals surface area contributed by atoms with Crippen molar-refractivity contribution in [3.8, 4) is 0 Å². The van der Waals surface area contributed by atoms with Crippen LogP contribution in [0.4, 0.5) is 0 Å². The summed E-state index contributed by atoms with van der Waals surface area (Å²) in [6, 6.07) is 0. The Balaban J connectivity index is 2.15. The molecule has 2 fully saturated rings. The van der Waals surface area contributed by atoms with Crippen LogP contribution in [0.15, 0.2) is 0 Å². The molecular formula is C14H26BN3O4. The van der Waals surface area contributed by atoms with Crippen molar-refractivity contribution in [2.75, 3.05) is 19.7 Å². The van der Waals surface area contributed by atoms with E-state index in [0.29, 0.717) is 19.5 Å². The summed E-state index contributed by atoms with van der Waals surface area (Å²) in [5.41, 5.74) is 10.1. The van der Waals surface area contributed by atoms with Crippen LogP contribution >= 0.6 is 0 Å². The first-order valence-corrected chi connectivity index (χ1v) is 7.88. The summed E-state index contributed by atoms with van der Waals surface area (Å²) in [5.74, 6) is -0.784. The highest BCUT2D eigenvalue weighted by atomic mass is 16.6. The van der Waals surface area contributed by atoms with Gasteiger partial charge in [-0.15, -0.1) is 0 Å². The summed E-state index contributed by atoms with van der Waals surface area (Å²) >= 11 is 0. The van der Waals surface area contributed by atoms with Gasteiger partial charge in [-0.1, -0.05) is 6.42 Å². The van der Waals surface area contributed by atoms with Gasteiger partial charge in [-0.3, -0.25) is 9.59 Å².